The topological polar surface area (TPSA) is 40.5 Å². The Morgan fingerprint density at radius 3 is 2.70 bits per heavy atom. The number of aliphatic hydroxyl groups excluding tert-OH is 1. The summed E-state index contributed by atoms with van der Waals surface area (Å²) in [5, 5.41) is 9.98. The maximum Gasteiger partial charge on any atom is 0.246 e. The minimum Gasteiger partial charge on any atom is -0.396 e. The van der Waals surface area contributed by atoms with Gasteiger partial charge in [-0.3, -0.25) is 4.79 Å². The van der Waals surface area contributed by atoms with E-state index in [0.717, 1.165) is 0 Å². The molecule has 0 unspecified atom stereocenters. The molecule has 0 atom stereocenters. The van der Waals surface area contributed by atoms with E-state index in [1.54, 1.807) is 29.2 Å². The molecule has 1 rings (SSSR count). The molecule has 110 valence electrons. The zero-order chi connectivity index (χ0) is 15.1. The molecule has 0 heterocycles. The molecule has 1 aromatic carbocycles. The van der Waals surface area contributed by atoms with Crippen LogP contribution in [0.15, 0.2) is 24.3 Å². The molecule has 0 bridgehead atoms. The highest BCUT2D eigenvalue weighted by molar-refractivity contribution is 6.34. The van der Waals surface area contributed by atoms with Gasteiger partial charge in [-0.05, 0) is 50.1 Å². The molecule has 0 saturated carbocycles. The van der Waals surface area contributed by atoms with E-state index in [1.807, 2.05) is 13.8 Å². The van der Waals surface area contributed by atoms with E-state index in [0.29, 0.717) is 28.6 Å². The summed E-state index contributed by atoms with van der Waals surface area (Å²) in [4.78, 5) is 13.8. The number of nitrogens with zero attached hydrogens (tertiary/aromatic N) is 1. The number of hydrogen-bond acceptors (Lipinski definition) is 2. The predicted octanol–water partition coefficient (Wildman–Crippen LogP) is 3.63. The lowest BCUT2D eigenvalue weighted by atomic mass is 10.2. The van der Waals surface area contributed by atoms with Gasteiger partial charge in [0.1, 0.15) is 0 Å². The summed E-state index contributed by atoms with van der Waals surface area (Å²) in [5.41, 5.74) is 0.707. The van der Waals surface area contributed by atoms with Crippen LogP contribution >= 0.6 is 23.2 Å². The largest absolute Gasteiger partial charge is 0.396 e. The Morgan fingerprint density at radius 2 is 2.10 bits per heavy atom. The Bertz CT molecular complexity index is 487. The molecule has 0 saturated heterocycles. The van der Waals surface area contributed by atoms with E-state index in [4.69, 9.17) is 28.3 Å². The van der Waals surface area contributed by atoms with E-state index in [1.165, 1.54) is 6.08 Å². The first-order valence-electron chi connectivity index (χ1n) is 6.50. The van der Waals surface area contributed by atoms with Gasteiger partial charge in [0, 0.05) is 35.3 Å². The fraction of sp³-hybridized carbons (Fsp3) is 0.400. The monoisotopic (exact) mass is 315 g/mol. The van der Waals surface area contributed by atoms with Crippen LogP contribution in [0.3, 0.4) is 0 Å². The number of rotatable bonds is 6. The van der Waals surface area contributed by atoms with Crippen molar-refractivity contribution in [1.29, 1.82) is 0 Å². The summed E-state index contributed by atoms with van der Waals surface area (Å²) < 4.78 is 0. The average Bonchev–Trinajstić information content (AvgIpc) is 2.40. The summed E-state index contributed by atoms with van der Waals surface area (Å²) in [6.45, 7) is 4.48. The number of amides is 1. The number of benzene rings is 1. The Balaban J connectivity index is 2.81. The molecule has 5 heteroatoms. The van der Waals surface area contributed by atoms with E-state index in [-0.39, 0.29) is 18.6 Å². The maximum absolute atomic E-state index is 12.1. The van der Waals surface area contributed by atoms with Crippen molar-refractivity contribution in [1.82, 2.24) is 4.90 Å². The quantitative estimate of drug-likeness (QED) is 0.814. The second kappa shape index (κ2) is 8.30. The molecule has 3 nitrogen and oxygen atoms in total. The highest BCUT2D eigenvalue weighted by atomic mass is 35.5. The van der Waals surface area contributed by atoms with Gasteiger partial charge in [-0.1, -0.05) is 23.2 Å². The minimum atomic E-state index is -0.107. The first-order chi connectivity index (χ1) is 9.45. The Morgan fingerprint density at radius 1 is 1.40 bits per heavy atom. The number of aliphatic hydroxyl groups is 1. The molecule has 0 aliphatic heterocycles. The lowest BCUT2D eigenvalue weighted by Crippen LogP contribution is -2.36. The molecule has 0 aliphatic rings. The first kappa shape index (κ1) is 17.0. The summed E-state index contributed by atoms with van der Waals surface area (Å²) in [6, 6.07) is 5.18. The van der Waals surface area contributed by atoms with E-state index in [9.17, 15) is 4.79 Å². The van der Waals surface area contributed by atoms with Crippen molar-refractivity contribution in [2.45, 2.75) is 26.3 Å². The zero-order valence-corrected chi connectivity index (χ0v) is 13.2. The first-order valence-corrected chi connectivity index (χ1v) is 7.26. The molecule has 0 aromatic heterocycles. The van der Waals surface area contributed by atoms with Gasteiger partial charge in [0.05, 0.1) is 0 Å². The highest BCUT2D eigenvalue weighted by Crippen LogP contribution is 2.21. The predicted molar refractivity (Wildman–Crippen MR) is 84.0 cm³/mol. The van der Waals surface area contributed by atoms with Gasteiger partial charge in [-0.25, -0.2) is 0 Å². The lowest BCUT2D eigenvalue weighted by Gasteiger charge is -2.25. The summed E-state index contributed by atoms with van der Waals surface area (Å²) in [7, 11) is 0. The van der Waals surface area contributed by atoms with E-state index >= 15 is 0 Å². The van der Waals surface area contributed by atoms with Crippen LogP contribution < -0.4 is 0 Å². The molecule has 1 aromatic rings. The second-order valence-corrected chi connectivity index (χ2v) is 5.55. The number of carbonyl (C=O) groups is 1. The van der Waals surface area contributed by atoms with Crippen LogP contribution in [0.4, 0.5) is 0 Å². The van der Waals surface area contributed by atoms with Crippen LogP contribution in [0.1, 0.15) is 25.8 Å². The third-order valence-corrected chi connectivity index (χ3v) is 3.41. The molecule has 0 spiro atoms. The van der Waals surface area contributed by atoms with Gasteiger partial charge in [0.25, 0.3) is 0 Å². The molecule has 0 radical (unpaired) electrons. The van der Waals surface area contributed by atoms with Gasteiger partial charge in [0.2, 0.25) is 5.91 Å². The number of carbonyl (C=O) groups excluding carboxylic acids is 1. The van der Waals surface area contributed by atoms with Gasteiger partial charge < -0.3 is 10.0 Å². The van der Waals surface area contributed by atoms with Crippen LogP contribution in [-0.2, 0) is 4.79 Å². The van der Waals surface area contributed by atoms with Crippen molar-refractivity contribution in [2.75, 3.05) is 13.2 Å². The van der Waals surface area contributed by atoms with Crippen LogP contribution in [-0.4, -0.2) is 35.1 Å². The SMILES string of the molecule is CC(C)N(CCCO)C(=O)/C=C/c1cc(Cl)ccc1Cl. The maximum atomic E-state index is 12.1. The van der Waals surface area contributed by atoms with Gasteiger partial charge >= 0.3 is 0 Å². The van der Waals surface area contributed by atoms with Crippen LogP contribution in [0.2, 0.25) is 10.0 Å². The van der Waals surface area contributed by atoms with Gasteiger partial charge in [0.15, 0.2) is 0 Å². The Labute approximate surface area is 129 Å². The summed E-state index contributed by atoms with van der Waals surface area (Å²) >= 11 is 11.9. The van der Waals surface area contributed by atoms with Crippen LogP contribution in [0.25, 0.3) is 6.08 Å². The van der Waals surface area contributed by atoms with Crippen molar-refractivity contribution >= 4 is 35.2 Å². The number of hydrogen-bond donors (Lipinski definition) is 1. The van der Waals surface area contributed by atoms with Crippen LogP contribution in [0.5, 0.6) is 0 Å². The smallest absolute Gasteiger partial charge is 0.246 e. The normalized spacial score (nSPS) is 11.3. The summed E-state index contributed by atoms with van der Waals surface area (Å²) in [5.74, 6) is -0.107. The average molecular weight is 316 g/mol. The standard InChI is InChI=1S/C15H19Cl2NO2/c1-11(2)18(8-3-9-19)15(20)7-4-12-10-13(16)5-6-14(12)17/h4-7,10-11,19H,3,8-9H2,1-2H3/b7-4+. The lowest BCUT2D eigenvalue weighted by molar-refractivity contribution is -0.127. The third kappa shape index (κ3) is 5.16. The fourth-order valence-electron chi connectivity index (χ4n) is 1.76. The van der Waals surface area contributed by atoms with E-state index in [2.05, 4.69) is 0 Å². The molecule has 1 amide bonds. The highest BCUT2D eigenvalue weighted by Gasteiger charge is 2.13. The zero-order valence-electron chi connectivity index (χ0n) is 11.6. The molecular weight excluding hydrogens is 297 g/mol. The third-order valence-electron chi connectivity index (χ3n) is 2.83. The van der Waals surface area contributed by atoms with Crippen molar-refractivity contribution < 1.29 is 9.90 Å². The Hall–Kier alpha value is -1.03. The van der Waals surface area contributed by atoms with Crippen molar-refractivity contribution in [3.8, 4) is 0 Å². The molecule has 0 fully saturated rings. The van der Waals surface area contributed by atoms with Gasteiger partial charge in [-0.2, -0.15) is 0 Å². The fourth-order valence-corrected chi connectivity index (χ4v) is 2.12. The summed E-state index contributed by atoms with van der Waals surface area (Å²) in [6.07, 6.45) is 3.70. The van der Waals surface area contributed by atoms with Crippen molar-refractivity contribution in [3.63, 3.8) is 0 Å². The number of halogens is 2. The Kier molecular flexibility index (Phi) is 7.06. The van der Waals surface area contributed by atoms with Crippen LogP contribution in [0, 0.1) is 0 Å². The van der Waals surface area contributed by atoms with E-state index < -0.39 is 0 Å². The van der Waals surface area contributed by atoms with Gasteiger partial charge in [-0.15, -0.1) is 0 Å². The van der Waals surface area contributed by atoms with Crippen molar-refractivity contribution in [2.24, 2.45) is 0 Å². The second-order valence-electron chi connectivity index (χ2n) is 4.70. The molecule has 20 heavy (non-hydrogen) atoms. The minimum absolute atomic E-state index is 0.0698. The molecular formula is C15H19Cl2NO2. The molecule has 0 aliphatic carbocycles. The molecule has 1 N–H and O–H groups in total. The van der Waals surface area contributed by atoms with Crippen molar-refractivity contribution in [3.05, 3.63) is 39.9 Å².